The van der Waals surface area contributed by atoms with Crippen LogP contribution in [0.25, 0.3) is 22.3 Å². The maximum absolute atomic E-state index is 14.2. The predicted octanol–water partition coefficient (Wildman–Crippen LogP) is 1.75. The van der Waals surface area contributed by atoms with Gasteiger partial charge in [0, 0.05) is 18.7 Å². The van der Waals surface area contributed by atoms with Crippen molar-refractivity contribution in [1.29, 1.82) is 0 Å². The first-order valence-corrected chi connectivity index (χ1v) is 11.5. The summed E-state index contributed by atoms with van der Waals surface area (Å²) in [5.41, 5.74) is 0.302. The van der Waals surface area contributed by atoms with Crippen LogP contribution < -0.4 is 5.32 Å². The van der Waals surface area contributed by atoms with Crippen LogP contribution in [0, 0.1) is 11.6 Å². The van der Waals surface area contributed by atoms with Crippen molar-refractivity contribution in [3.8, 4) is 11.3 Å². The Bertz CT molecular complexity index is 1230. The van der Waals surface area contributed by atoms with Gasteiger partial charge in [0.1, 0.15) is 0 Å². The van der Waals surface area contributed by atoms with Crippen molar-refractivity contribution < 1.29 is 22.0 Å². The minimum Gasteiger partial charge on any atom is -0.307 e. The van der Waals surface area contributed by atoms with Crippen LogP contribution in [0.15, 0.2) is 24.3 Å². The summed E-state index contributed by atoms with van der Waals surface area (Å²) in [6, 6.07) is 4.68. The number of fused-ring (bicyclic) bond motifs is 1. The van der Waals surface area contributed by atoms with E-state index in [1.165, 1.54) is 18.2 Å². The maximum atomic E-state index is 14.2. The smallest absolute Gasteiger partial charge is 0.242 e. The second-order valence-corrected chi connectivity index (χ2v) is 9.57. The molecule has 0 bridgehead atoms. The number of sulfone groups is 1. The van der Waals surface area contributed by atoms with E-state index in [0.717, 1.165) is 6.07 Å². The van der Waals surface area contributed by atoms with Crippen LogP contribution in [0.2, 0.25) is 0 Å². The van der Waals surface area contributed by atoms with E-state index in [-0.39, 0.29) is 53.2 Å². The van der Waals surface area contributed by atoms with Gasteiger partial charge in [0.25, 0.3) is 0 Å². The molecule has 1 aromatic carbocycles. The summed E-state index contributed by atoms with van der Waals surface area (Å²) in [4.78, 5) is 14.7. The Labute approximate surface area is 176 Å². The van der Waals surface area contributed by atoms with Crippen molar-refractivity contribution in [3.63, 3.8) is 0 Å². The van der Waals surface area contributed by atoms with Gasteiger partial charge in [-0.15, -0.1) is 10.2 Å². The van der Waals surface area contributed by atoms with E-state index in [1.54, 1.807) is 0 Å². The van der Waals surface area contributed by atoms with Gasteiger partial charge in [-0.05, 0) is 24.6 Å². The highest BCUT2D eigenvalue weighted by Gasteiger charge is 2.30. The van der Waals surface area contributed by atoms with E-state index in [2.05, 4.69) is 25.7 Å². The Hall–Kier alpha value is -2.99. The zero-order valence-corrected chi connectivity index (χ0v) is 17.4. The largest absolute Gasteiger partial charge is 0.307 e. The number of H-pyrrole nitrogens is 1. The Morgan fingerprint density at radius 3 is 2.71 bits per heavy atom. The summed E-state index contributed by atoms with van der Waals surface area (Å²) < 4.78 is 51.1. The number of rotatable bonds is 5. The molecule has 4 rings (SSSR count). The fraction of sp³-hybridized carbons (Fsp3) is 0.368. The Morgan fingerprint density at radius 2 is 2.00 bits per heavy atom. The molecule has 0 radical (unpaired) electrons. The summed E-state index contributed by atoms with van der Waals surface area (Å²) >= 11 is 0. The molecule has 0 aliphatic carbocycles. The van der Waals surface area contributed by atoms with Crippen molar-refractivity contribution in [2.24, 2.45) is 0 Å². The number of aromatic amines is 1. The van der Waals surface area contributed by atoms with Crippen molar-refractivity contribution >= 4 is 32.6 Å². The first kappa shape index (κ1) is 21.2. The normalized spacial score (nSPS) is 17.5. The molecule has 2 N–H and O–H groups in total. The van der Waals surface area contributed by atoms with Gasteiger partial charge in [-0.25, -0.2) is 17.2 Å². The maximum Gasteiger partial charge on any atom is 0.242 e. The lowest BCUT2D eigenvalue weighted by atomic mass is 10.1. The van der Waals surface area contributed by atoms with E-state index in [1.807, 2.05) is 11.8 Å². The van der Waals surface area contributed by atoms with E-state index < -0.39 is 27.5 Å². The molecule has 1 aliphatic rings. The van der Waals surface area contributed by atoms with E-state index >= 15 is 0 Å². The van der Waals surface area contributed by atoms with Crippen LogP contribution in [0.5, 0.6) is 0 Å². The van der Waals surface area contributed by atoms with E-state index in [0.29, 0.717) is 11.8 Å². The van der Waals surface area contributed by atoms with Gasteiger partial charge in [-0.1, -0.05) is 13.0 Å². The number of carbonyl (C=O) groups is 1. The number of nitrogens with one attached hydrogen (secondary N) is 2. The number of amides is 1. The van der Waals surface area contributed by atoms with Gasteiger partial charge >= 0.3 is 0 Å². The van der Waals surface area contributed by atoms with Crippen LogP contribution in [-0.4, -0.2) is 70.3 Å². The summed E-state index contributed by atoms with van der Waals surface area (Å²) in [7, 11) is -3.06. The molecule has 1 saturated heterocycles. The summed E-state index contributed by atoms with van der Waals surface area (Å²) in [6.45, 7) is 2.40. The second-order valence-electron chi connectivity index (χ2n) is 7.27. The molecule has 0 saturated carbocycles. The van der Waals surface area contributed by atoms with Crippen molar-refractivity contribution in [2.45, 2.75) is 19.4 Å². The topological polar surface area (TPSA) is 121 Å². The van der Waals surface area contributed by atoms with Gasteiger partial charge in [-0.2, -0.15) is 5.10 Å². The Kier molecular flexibility index (Phi) is 5.67. The minimum absolute atomic E-state index is 0.0142. The number of carbonyl (C=O) groups excluding carboxylic acids is 1. The molecule has 1 aliphatic heterocycles. The molecule has 9 nitrogen and oxygen atoms in total. The van der Waals surface area contributed by atoms with Gasteiger partial charge in [-0.3, -0.25) is 14.8 Å². The Balaban J connectivity index is 1.59. The van der Waals surface area contributed by atoms with Crippen molar-refractivity contribution in [1.82, 2.24) is 25.3 Å². The molecule has 164 valence electrons. The van der Waals surface area contributed by atoms with Gasteiger partial charge < -0.3 is 5.32 Å². The number of benzene rings is 1. The van der Waals surface area contributed by atoms with Crippen molar-refractivity contribution in [3.05, 3.63) is 35.9 Å². The van der Waals surface area contributed by atoms with Crippen LogP contribution >= 0.6 is 0 Å². The number of hydrogen-bond acceptors (Lipinski definition) is 7. The molecule has 1 atom stereocenters. The molecule has 3 aromatic rings. The number of halogens is 2. The fourth-order valence-corrected chi connectivity index (χ4v) is 4.83. The zero-order valence-electron chi connectivity index (χ0n) is 16.6. The fourth-order valence-electron chi connectivity index (χ4n) is 3.60. The third-order valence-corrected chi connectivity index (χ3v) is 6.91. The molecule has 1 unspecified atom stereocenters. The monoisotopic (exact) mass is 450 g/mol. The van der Waals surface area contributed by atoms with E-state index in [4.69, 9.17) is 0 Å². The van der Waals surface area contributed by atoms with Crippen LogP contribution in [-0.2, 0) is 14.6 Å². The lowest BCUT2D eigenvalue weighted by molar-refractivity contribution is -0.121. The molecule has 1 fully saturated rings. The second kappa shape index (κ2) is 8.27. The molecular weight excluding hydrogens is 430 g/mol. The molecule has 1 amide bonds. The number of anilines is 1. The van der Waals surface area contributed by atoms with Gasteiger partial charge in [0.05, 0.1) is 28.6 Å². The lowest BCUT2D eigenvalue weighted by Gasteiger charge is -2.32. The highest BCUT2D eigenvalue weighted by atomic mass is 32.2. The van der Waals surface area contributed by atoms with Crippen LogP contribution in [0.3, 0.4) is 0 Å². The molecule has 31 heavy (non-hydrogen) atoms. The third kappa shape index (κ3) is 4.26. The van der Waals surface area contributed by atoms with Gasteiger partial charge in [0.15, 0.2) is 32.9 Å². The Morgan fingerprint density at radius 1 is 1.26 bits per heavy atom. The van der Waals surface area contributed by atoms with E-state index in [9.17, 15) is 22.0 Å². The third-order valence-electron chi connectivity index (χ3n) is 5.30. The molecular formula is C19H20F2N6O3S. The lowest BCUT2D eigenvalue weighted by Crippen LogP contribution is -2.50. The summed E-state index contributed by atoms with van der Waals surface area (Å²) in [5, 5.41) is 17.7. The average Bonchev–Trinajstić information content (AvgIpc) is 3.13. The predicted molar refractivity (Wildman–Crippen MR) is 110 cm³/mol. The SMILES string of the molecule is CCC(C(=O)Nc1n[nH]c2nnc(-c3cccc(F)c3F)cc12)N1CCS(=O)(=O)CC1. The number of aromatic nitrogens is 4. The standard InChI is InChI=1S/C19H20F2N6O3S/c1-2-15(27-6-8-31(29,30)9-7-27)19(28)22-17-12-10-14(23-25-18(12)26-24-17)11-4-3-5-13(20)16(11)21/h3-5,10,15H,2,6-9H2,1H3,(H2,22,24,25,26,28). The quantitative estimate of drug-likeness (QED) is 0.607. The highest BCUT2D eigenvalue weighted by molar-refractivity contribution is 7.91. The molecule has 2 aromatic heterocycles. The summed E-state index contributed by atoms with van der Waals surface area (Å²) in [5.74, 6) is -2.19. The molecule has 12 heteroatoms. The summed E-state index contributed by atoms with van der Waals surface area (Å²) in [6.07, 6.45) is 0.480. The first-order chi connectivity index (χ1) is 14.8. The molecule has 0 spiro atoms. The molecule has 3 heterocycles. The highest BCUT2D eigenvalue weighted by Crippen LogP contribution is 2.27. The van der Waals surface area contributed by atoms with Gasteiger partial charge in [0.2, 0.25) is 5.91 Å². The van der Waals surface area contributed by atoms with Crippen LogP contribution in [0.1, 0.15) is 13.3 Å². The minimum atomic E-state index is -3.06. The average molecular weight is 450 g/mol. The first-order valence-electron chi connectivity index (χ1n) is 9.70. The number of nitrogens with zero attached hydrogens (tertiary/aromatic N) is 4. The van der Waals surface area contributed by atoms with Crippen LogP contribution in [0.4, 0.5) is 14.6 Å². The van der Waals surface area contributed by atoms with Crippen molar-refractivity contribution in [2.75, 3.05) is 29.9 Å². The number of hydrogen-bond donors (Lipinski definition) is 2. The zero-order chi connectivity index (χ0) is 22.2.